The molecular weight excluding hydrogens is 318 g/mol. The van der Waals surface area contributed by atoms with Crippen molar-refractivity contribution < 1.29 is 19.7 Å². The van der Waals surface area contributed by atoms with Crippen molar-refractivity contribution in [3.8, 4) is 11.5 Å². The number of phenols is 1. The van der Waals surface area contributed by atoms with Crippen LogP contribution in [0.4, 0.5) is 0 Å². The maximum absolute atomic E-state index is 12.0. The van der Waals surface area contributed by atoms with Gasteiger partial charge in [-0.1, -0.05) is 36.4 Å². The van der Waals surface area contributed by atoms with Crippen LogP contribution >= 0.6 is 0 Å². The van der Waals surface area contributed by atoms with Gasteiger partial charge < -0.3 is 20.3 Å². The van der Waals surface area contributed by atoms with Crippen molar-refractivity contribution in [2.75, 3.05) is 13.7 Å². The SMILES string of the molecule is COc1cc(CC(=O)NCCC(O)CCc2ccccc2)ccc1O. The van der Waals surface area contributed by atoms with Crippen LogP contribution in [0.3, 0.4) is 0 Å². The highest BCUT2D eigenvalue weighted by molar-refractivity contribution is 5.78. The molecule has 5 nitrogen and oxygen atoms in total. The van der Waals surface area contributed by atoms with E-state index < -0.39 is 6.10 Å². The van der Waals surface area contributed by atoms with Gasteiger partial charge in [0.05, 0.1) is 19.6 Å². The van der Waals surface area contributed by atoms with E-state index in [1.165, 1.54) is 18.7 Å². The monoisotopic (exact) mass is 343 g/mol. The van der Waals surface area contributed by atoms with Crippen LogP contribution in [0.15, 0.2) is 48.5 Å². The van der Waals surface area contributed by atoms with E-state index in [-0.39, 0.29) is 18.1 Å². The molecule has 134 valence electrons. The maximum Gasteiger partial charge on any atom is 0.224 e. The Hall–Kier alpha value is -2.53. The van der Waals surface area contributed by atoms with Crippen molar-refractivity contribution in [1.82, 2.24) is 5.32 Å². The lowest BCUT2D eigenvalue weighted by Gasteiger charge is -2.12. The first kappa shape index (κ1) is 18.8. The first-order valence-electron chi connectivity index (χ1n) is 8.43. The highest BCUT2D eigenvalue weighted by Gasteiger charge is 2.09. The van der Waals surface area contributed by atoms with Gasteiger partial charge in [0, 0.05) is 6.54 Å². The second-order valence-electron chi connectivity index (χ2n) is 6.00. The van der Waals surface area contributed by atoms with E-state index in [1.807, 2.05) is 30.3 Å². The highest BCUT2D eigenvalue weighted by atomic mass is 16.5. The Bertz CT molecular complexity index is 673. The van der Waals surface area contributed by atoms with Crippen LogP contribution in [0.25, 0.3) is 0 Å². The van der Waals surface area contributed by atoms with E-state index in [0.29, 0.717) is 25.1 Å². The fourth-order valence-corrected chi connectivity index (χ4v) is 2.58. The number of aliphatic hydroxyl groups is 1. The lowest BCUT2D eigenvalue weighted by atomic mass is 10.1. The molecule has 0 aliphatic rings. The van der Waals surface area contributed by atoms with E-state index in [2.05, 4.69) is 5.32 Å². The number of methoxy groups -OCH3 is 1. The van der Waals surface area contributed by atoms with E-state index in [4.69, 9.17) is 4.74 Å². The highest BCUT2D eigenvalue weighted by Crippen LogP contribution is 2.26. The molecule has 0 heterocycles. The molecule has 2 aromatic carbocycles. The molecule has 25 heavy (non-hydrogen) atoms. The Balaban J connectivity index is 1.68. The number of benzene rings is 2. The lowest BCUT2D eigenvalue weighted by Crippen LogP contribution is -2.28. The number of amides is 1. The standard InChI is InChI=1S/C20H25NO4/c1-25-19-13-16(8-10-18(19)23)14-20(24)21-12-11-17(22)9-7-15-5-3-2-4-6-15/h2-6,8,10,13,17,22-23H,7,9,11-12,14H2,1H3,(H,21,24). The minimum Gasteiger partial charge on any atom is -0.504 e. The second kappa shape index (κ2) is 9.69. The zero-order valence-corrected chi connectivity index (χ0v) is 14.4. The molecule has 0 bridgehead atoms. The normalized spacial score (nSPS) is 11.8. The van der Waals surface area contributed by atoms with Gasteiger partial charge in [-0.15, -0.1) is 0 Å². The molecule has 0 aromatic heterocycles. The van der Waals surface area contributed by atoms with Gasteiger partial charge in [0.1, 0.15) is 0 Å². The first-order chi connectivity index (χ1) is 12.1. The van der Waals surface area contributed by atoms with E-state index >= 15 is 0 Å². The fourth-order valence-electron chi connectivity index (χ4n) is 2.58. The van der Waals surface area contributed by atoms with E-state index in [9.17, 15) is 15.0 Å². The van der Waals surface area contributed by atoms with Gasteiger partial charge in [0.2, 0.25) is 5.91 Å². The zero-order valence-electron chi connectivity index (χ0n) is 14.4. The van der Waals surface area contributed by atoms with Gasteiger partial charge in [-0.25, -0.2) is 0 Å². The lowest BCUT2D eigenvalue weighted by molar-refractivity contribution is -0.120. The average molecular weight is 343 g/mol. The number of aryl methyl sites for hydroxylation is 1. The largest absolute Gasteiger partial charge is 0.504 e. The molecule has 0 aliphatic carbocycles. The van der Waals surface area contributed by atoms with Gasteiger partial charge in [-0.2, -0.15) is 0 Å². The van der Waals surface area contributed by atoms with Crippen LogP contribution in [0.5, 0.6) is 11.5 Å². The smallest absolute Gasteiger partial charge is 0.224 e. The molecular formula is C20H25NO4. The van der Waals surface area contributed by atoms with Crippen molar-refractivity contribution >= 4 is 5.91 Å². The van der Waals surface area contributed by atoms with Gasteiger partial charge >= 0.3 is 0 Å². The summed E-state index contributed by atoms with van der Waals surface area (Å²) in [5.41, 5.74) is 1.96. The molecule has 0 fully saturated rings. The molecule has 0 aliphatic heterocycles. The molecule has 2 rings (SSSR count). The summed E-state index contributed by atoms with van der Waals surface area (Å²) in [5, 5.41) is 22.4. The molecule has 2 aromatic rings. The van der Waals surface area contributed by atoms with Crippen LogP contribution in [0, 0.1) is 0 Å². The van der Waals surface area contributed by atoms with Gasteiger partial charge in [-0.05, 0) is 42.5 Å². The van der Waals surface area contributed by atoms with Crippen molar-refractivity contribution in [3.63, 3.8) is 0 Å². The van der Waals surface area contributed by atoms with Crippen LogP contribution < -0.4 is 10.1 Å². The Morgan fingerprint density at radius 2 is 1.88 bits per heavy atom. The summed E-state index contributed by atoms with van der Waals surface area (Å²) in [5.74, 6) is 0.276. The van der Waals surface area contributed by atoms with E-state index in [0.717, 1.165) is 12.0 Å². The third-order valence-electron chi connectivity index (χ3n) is 4.02. The molecule has 1 atom stereocenters. The summed E-state index contributed by atoms with van der Waals surface area (Å²) in [6.07, 6.45) is 1.79. The minimum absolute atomic E-state index is 0.0493. The summed E-state index contributed by atoms with van der Waals surface area (Å²) >= 11 is 0. The molecule has 0 saturated heterocycles. The second-order valence-corrected chi connectivity index (χ2v) is 6.00. The number of aromatic hydroxyl groups is 1. The molecule has 0 saturated carbocycles. The molecule has 0 spiro atoms. The van der Waals surface area contributed by atoms with E-state index in [1.54, 1.807) is 12.1 Å². The number of hydrogen-bond acceptors (Lipinski definition) is 4. The third kappa shape index (κ3) is 6.47. The number of phenolic OH excluding ortho intramolecular Hbond substituents is 1. The topological polar surface area (TPSA) is 78.8 Å². The van der Waals surface area contributed by atoms with Crippen molar-refractivity contribution in [1.29, 1.82) is 0 Å². The van der Waals surface area contributed by atoms with Crippen LogP contribution in [-0.2, 0) is 17.6 Å². The number of carbonyl (C=O) groups is 1. The molecule has 1 unspecified atom stereocenters. The average Bonchev–Trinajstić information content (AvgIpc) is 2.62. The number of hydrogen-bond donors (Lipinski definition) is 3. The first-order valence-corrected chi connectivity index (χ1v) is 8.43. The number of carbonyl (C=O) groups excluding carboxylic acids is 1. The van der Waals surface area contributed by atoms with Gasteiger partial charge in [0.15, 0.2) is 11.5 Å². The maximum atomic E-state index is 12.0. The molecule has 3 N–H and O–H groups in total. The Kier molecular flexibility index (Phi) is 7.29. The number of rotatable bonds is 9. The quantitative estimate of drug-likeness (QED) is 0.653. The predicted molar refractivity (Wildman–Crippen MR) is 96.8 cm³/mol. The number of aliphatic hydroxyl groups excluding tert-OH is 1. The Labute approximate surface area is 148 Å². The summed E-state index contributed by atoms with van der Waals surface area (Å²) in [6.45, 7) is 0.435. The van der Waals surface area contributed by atoms with Crippen LogP contribution in [-0.4, -0.2) is 35.9 Å². The summed E-state index contributed by atoms with van der Waals surface area (Å²) in [7, 11) is 1.47. The summed E-state index contributed by atoms with van der Waals surface area (Å²) < 4.78 is 5.03. The number of ether oxygens (including phenoxy) is 1. The van der Waals surface area contributed by atoms with Crippen LogP contribution in [0.2, 0.25) is 0 Å². The van der Waals surface area contributed by atoms with Gasteiger partial charge in [0.25, 0.3) is 0 Å². The van der Waals surface area contributed by atoms with Crippen molar-refractivity contribution in [3.05, 3.63) is 59.7 Å². The van der Waals surface area contributed by atoms with Gasteiger partial charge in [-0.3, -0.25) is 4.79 Å². The Morgan fingerprint density at radius 1 is 1.12 bits per heavy atom. The summed E-state index contributed by atoms with van der Waals surface area (Å²) in [6, 6.07) is 14.9. The minimum atomic E-state index is -0.436. The zero-order chi connectivity index (χ0) is 18.1. The fraction of sp³-hybridized carbons (Fsp3) is 0.350. The predicted octanol–water partition coefficient (Wildman–Crippen LogP) is 2.44. The molecule has 1 amide bonds. The molecule has 0 radical (unpaired) electrons. The third-order valence-corrected chi connectivity index (χ3v) is 4.02. The summed E-state index contributed by atoms with van der Waals surface area (Å²) in [4.78, 5) is 12.0. The Morgan fingerprint density at radius 3 is 2.60 bits per heavy atom. The van der Waals surface area contributed by atoms with Crippen LogP contribution in [0.1, 0.15) is 24.0 Å². The molecule has 5 heteroatoms. The van der Waals surface area contributed by atoms with Crippen molar-refractivity contribution in [2.24, 2.45) is 0 Å². The van der Waals surface area contributed by atoms with Crippen molar-refractivity contribution in [2.45, 2.75) is 31.8 Å². The number of nitrogens with one attached hydrogen (secondary N) is 1.